The minimum Gasteiger partial charge on any atom is -0.480 e. The van der Waals surface area contributed by atoms with Crippen molar-refractivity contribution in [1.82, 2.24) is 5.06 Å². The summed E-state index contributed by atoms with van der Waals surface area (Å²) in [6, 6.07) is 8.88. The lowest BCUT2D eigenvalue weighted by molar-refractivity contribution is -0.211. The fourth-order valence-corrected chi connectivity index (χ4v) is 2.24. The maximum atomic E-state index is 12.3. The molecule has 0 spiro atoms. The van der Waals surface area contributed by atoms with E-state index < -0.39 is 23.3 Å². The highest BCUT2D eigenvalue weighted by Crippen LogP contribution is 2.29. The number of rotatable bonds is 7. The number of benzene rings is 1. The molecule has 0 atom stereocenters. The van der Waals surface area contributed by atoms with Gasteiger partial charge in [-0.2, -0.15) is 5.06 Å². The molecule has 7 heteroatoms. The van der Waals surface area contributed by atoms with Crippen LogP contribution in [0.4, 0.5) is 0 Å². The molecule has 0 heterocycles. The number of carboxylic acids is 1. The second-order valence-corrected chi connectivity index (χ2v) is 5.29. The molecule has 23 heavy (non-hydrogen) atoms. The molecule has 0 fully saturated rings. The van der Waals surface area contributed by atoms with Crippen LogP contribution in [0.25, 0.3) is 0 Å². The molecule has 0 aliphatic carbocycles. The number of halogens is 1. The van der Waals surface area contributed by atoms with Crippen molar-refractivity contribution in [3.63, 3.8) is 0 Å². The van der Waals surface area contributed by atoms with E-state index in [4.69, 9.17) is 16.4 Å². The second-order valence-electron chi connectivity index (χ2n) is 5.02. The highest BCUT2D eigenvalue weighted by Gasteiger charge is 2.46. The Hall–Kier alpha value is -2.08. The van der Waals surface area contributed by atoms with Crippen LogP contribution in [0.2, 0.25) is 0 Å². The first kappa shape index (κ1) is 19.0. The van der Waals surface area contributed by atoms with Crippen molar-refractivity contribution in [2.75, 3.05) is 5.88 Å². The van der Waals surface area contributed by atoms with E-state index in [0.29, 0.717) is 0 Å². The van der Waals surface area contributed by atoms with Crippen LogP contribution in [0, 0.1) is 5.41 Å². The van der Waals surface area contributed by atoms with Gasteiger partial charge in [-0.3, -0.25) is 9.59 Å². The van der Waals surface area contributed by atoms with E-state index in [2.05, 4.69) is 0 Å². The Balaban J connectivity index is 2.99. The molecular formula is C16H20ClNO5. The molecule has 0 bridgehead atoms. The fourth-order valence-electron chi connectivity index (χ4n) is 2.10. The van der Waals surface area contributed by atoms with Crippen LogP contribution in [-0.2, 0) is 25.8 Å². The average Bonchev–Trinajstić information content (AvgIpc) is 2.55. The third kappa shape index (κ3) is 4.45. The highest BCUT2D eigenvalue weighted by atomic mass is 35.5. The number of hydroxylamine groups is 2. The topological polar surface area (TPSA) is 83.9 Å². The lowest BCUT2D eigenvalue weighted by Gasteiger charge is -2.28. The van der Waals surface area contributed by atoms with Gasteiger partial charge in [0.2, 0.25) is 0 Å². The van der Waals surface area contributed by atoms with Crippen LogP contribution >= 0.6 is 11.6 Å². The first-order valence-electron chi connectivity index (χ1n) is 7.27. The molecule has 1 rings (SSSR count). The molecule has 1 N–H and O–H groups in total. The Morgan fingerprint density at radius 1 is 1.17 bits per heavy atom. The van der Waals surface area contributed by atoms with Gasteiger partial charge < -0.3 is 9.94 Å². The van der Waals surface area contributed by atoms with Crippen LogP contribution in [0.1, 0.15) is 32.3 Å². The van der Waals surface area contributed by atoms with Crippen molar-refractivity contribution in [3.05, 3.63) is 35.9 Å². The van der Waals surface area contributed by atoms with E-state index in [0.717, 1.165) is 10.6 Å². The summed E-state index contributed by atoms with van der Waals surface area (Å²) in [6.07, 6.45) is 0.123. The molecule has 6 nitrogen and oxygen atoms in total. The van der Waals surface area contributed by atoms with Crippen molar-refractivity contribution < 1.29 is 24.3 Å². The Morgan fingerprint density at radius 2 is 1.74 bits per heavy atom. The molecule has 0 aromatic heterocycles. The lowest BCUT2D eigenvalue weighted by Crippen LogP contribution is -2.44. The summed E-state index contributed by atoms with van der Waals surface area (Å²) >= 11 is 5.54. The smallest absolute Gasteiger partial charge is 0.349 e. The maximum Gasteiger partial charge on any atom is 0.349 e. The van der Waals surface area contributed by atoms with Gasteiger partial charge in [0, 0.05) is 0 Å². The number of carbonyl (C=O) groups is 3. The molecule has 126 valence electrons. The van der Waals surface area contributed by atoms with Crippen molar-refractivity contribution in [2.24, 2.45) is 5.41 Å². The van der Waals surface area contributed by atoms with Crippen LogP contribution in [0.5, 0.6) is 0 Å². The van der Waals surface area contributed by atoms with Gasteiger partial charge in [0.15, 0.2) is 5.41 Å². The van der Waals surface area contributed by atoms with E-state index >= 15 is 0 Å². The van der Waals surface area contributed by atoms with Gasteiger partial charge >= 0.3 is 11.9 Å². The Kier molecular flexibility index (Phi) is 7.03. The van der Waals surface area contributed by atoms with Crippen molar-refractivity contribution in [3.8, 4) is 0 Å². The Labute approximate surface area is 139 Å². The summed E-state index contributed by atoms with van der Waals surface area (Å²) in [4.78, 5) is 40.8. The van der Waals surface area contributed by atoms with E-state index in [1.807, 2.05) is 6.07 Å². The first-order valence-corrected chi connectivity index (χ1v) is 7.80. The molecule has 1 aromatic rings. The number of alkyl halides is 1. The SMILES string of the molecule is CCC(CC)(C(=O)O)C(=O)ON(Cc1ccccc1)C(=O)CCl. The molecule has 0 aliphatic rings. The monoisotopic (exact) mass is 341 g/mol. The number of amides is 1. The van der Waals surface area contributed by atoms with E-state index in [1.54, 1.807) is 38.1 Å². The summed E-state index contributed by atoms with van der Waals surface area (Å²) in [6.45, 7) is 3.18. The lowest BCUT2D eigenvalue weighted by atomic mass is 9.83. The van der Waals surface area contributed by atoms with Gasteiger partial charge in [-0.25, -0.2) is 4.79 Å². The van der Waals surface area contributed by atoms with Gasteiger partial charge in [0.25, 0.3) is 5.91 Å². The minimum absolute atomic E-state index is 0.00125. The molecule has 0 aliphatic heterocycles. The van der Waals surface area contributed by atoms with Gasteiger partial charge in [-0.15, -0.1) is 11.6 Å². The van der Waals surface area contributed by atoms with Crippen LogP contribution in [0.3, 0.4) is 0 Å². The zero-order valence-electron chi connectivity index (χ0n) is 13.1. The predicted molar refractivity (Wildman–Crippen MR) is 84.5 cm³/mol. The summed E-state index contributed by atoms with van der Waals surface area (Å²) in [7, 11) is 0. The van der Waals surface area contributed by atoms with Gasteiger partial charge in [0.05, 0.1) is 6.54 Å². The van der Waals surface area contributed by atoms with E-state index in [-0.39, 0.29) is 25.3 Å². The van der Waals surface area contributed by atoms with Crippen molar-refractivity contribution >= 4 is 29.4 Å². The molecule has 0 saturated heterocycles. The molecule has 0 saturated carbocycles. The number of hydrogen-bond acceptors (Lipinski definition) is 4. The largest absolute Gasteiger partial charge is 0.480 e. The third-order valence-corrected chi connectivity index (χ3v) is 3.99. The minimum atomic E-state index is -1.68. The molecule has 1 amide bonds. The summed E-state index contributed by atoms with van der Waals surface area (Å²) in [5, 5.41) is 10.2. The van der Waals surface area contributed by atoms with Crippen LogP contribution in [0.15, 0.2) is 30.3 Å². The zero-order chi connectivity index (χ0) is 17.5. The third-order valence-electron chi connectivity index (χ3n) is 3.76. The summed E-state index contributed by atoms with van der Waals surface area (Å²) in [5.41, 5.74) is -0.950. The van der Waals surface area contributed by atoms with E-state index in [1.165, 1.54) is 0 Å². The quantitative estimate of drug-likeness (QED) is 0.468. The molecule has 0 unspecified atom stereocenters. The van der Waals surface area contributed by atoms with Gasteiger partial charge in [-0.1, -0.05) is 44.2 Å². The molecule has 1 aromatic carbocycles. The zero-order valence-corrected chi connectivity index (χ0v) is 13.9. The summed E-state index contributed by atoms with van der Waals surface area (Å²) < 4.78 is 0. The standard InChI is InChI=1S/C16H20ClNO5/c1-3-16(4-2,14(20)21)15(22)23-18(13(19)10-17)11-12-8-6-5-7-9-12/h5-9H,3-4,10-11H2,1-2H3,(H,20,21). The predicted octanol–water partition coefficient (Wildman–Crippen LogP) is 2.60. The Morgan fingerprint density at radius 3 is 2.17 bits per heavy atom. The maximum absolute atomic E-state index is 12.3. The number of carbonyl (C=O) groups excluding carboxylic acids is 2. The normalized spacial score (nSPS) is 10.9. The average molecular weight is 342 g/mol. The first-order chi connectivity index (χ1) is 10.9. The molecule has 0 radical (unpaired) electrons. The summed E-state index contributed by atoms with van der Waals surface area (Å²) in [5.74, 6) is -3.23. The van der Waals surface area contributed by atoms with Crippen molar-refractivity contribution in [1.29, 1.82) is 0 Å². The Bertz CT molecular complexity index is 557. The van der Waals surface area contributed by atoms with E-state index in [9.17, 15) is 19.5 Å². The van der Waals surface area contributed by atoms with Crippen molar-refractivity contribution in [2.45, 2.75) is 33.2 Å². The number of carboxylic acid groups (broad SMARTS) is 1. The van der Waals surface area contributed by atoms with Gasteiger partial charge in [0.1, 0.15) is 5.88 Å². The van der Waals surface area contributed by atoms with Crippen LogP contribution < -0.4 is 0 Å². The highest BCUT2D eigenvalue weighted by molar-refractivity contribution is 6.27. The number of aliphatic carboxylic acids is 1. The van der Waals surface area contributed by atoms with Crippen LogP contribution in [-0.4, -0.2) is 33.9 Å². The van der Waals surface area contributed by atoms with Gasteiger partial charge in [-0.05, 0) is 18.4 Å². The molecular weight excluding hydrogens is 322 g/mol. The number of hydrogen-bond donors (Lipinski definition) is 1. The second kappa shape index (κ2) is 8.53. The fraction of sp³-hybridized carbons (Fsp3) is 0.438. The number of nitrogens with zero attached hydrogens (tertiary/aromatic N) is 1.